The van der Waals surface area contributed by atoms with Gasteiger partial charge in [0.25, 0.3) is 0 Å². The van der Waals surface area contributed by atoms with Gasteiger partial charge in [-0.1, -0.05) is 18.2 Å². The van der Waals surface area contributed by atoms with Crippen LogP contribution in [0.2, 0.25) is 0 Å². The van der Waals surface area contributed by atoms with Crippen molar-refractivity contribution >= 4 is 6.08 Å². The summed E-state index contributed by atoms with van der Waals surface area (Å²) in [5.74, 6) is 0.888. The van der Waals surface area contributed by atoms with Crippen molar-refractivity contribution in [3.8, 4) is 5.75 Å². The smallest absolute Gasteiger partial charge is 0.121 e. The third-order valence-electron chi connectivity index (χ3n) is 1.99. The fourth-order valence-corrected chi connectivity index (χ4v) is 1.26. The zero-order chi connectivity index (χ0) is 10.6. The Kier molecular flexibility index (Phi) is 3.72. The number of aliphatic hydroxyl groups is 1. The lowest BCUT2D eigenvalue weighted by Crippen LogP contribution is -1.92. The Morgan fingerprint density at radius 1 is 1.43 bits per heavy atom. The number of aryl methyl sites for hydroxylation is 1. The van der Waals surface area contributed by atoms with Crippen molar-refractivity contribution in [1.82, 2.24) is 0 Å². The molecule has 0 fully saturated rings. The molecule has 1 N–H and O–H groups in total. The third kappa shape index (κ3) is 2.89. The molecule has 1 atom stereocenters. The van der Waals surface area contributed by atoms with Crippen molar-refractivity contribution in [2.75, 3.05) is 7.11 Å². The quantitative estimate of drug-likeness (QED) is 0.796. The van der Waals surface area contributed by atoms with E-state index in [9.17, 15) is 0 Å². The van der Waals surface area contributed by atoms with Gasteiger partial charge in [0, 0.05) is 0 Å². The van der Waals surface area contributed by atoms with Gasteiger partial charge < -0.3 is 9.84 Å². The first-order chi connectivity index (χ1) is 6.63. The molecule has 0 aromatic heterocycles. The Hall–Kier alpha value is -1.28. The predicted octanol–water partition coefficient (Wildman–Crippen LogP) is 2.40. The highest BCUT2D eigenvalue weighted by Crippen LogP contribution is 2.19. The molecule has 0 aliphatic rings. The SMILES string of the molecule is COc1ccc(/C=C/C(C)O)cc1C. The maximum absolute atomic E-state index is 9.07. The van der Waals surface area contributed by atoms with Gasteiger partial charge in [-0.15, -0.1) is 0 Å². The van der Waals surface area contributed by atoms with Crippen LogP contribution in [0.15, 0.2) is 24.3 Å². The molecule has 0 radical (unpaired) electrons. The summed E-state index contributed by atoms with van der Waals surface area (Å²) in [6.45, 7) is 3.73. The molecular formula is C12H16O2. The van der Waals surface area contributed by atoms with Crippen molar-refractivity contribution in [2.45, 2.75) is 20.0 Å². The molecule has 76 valence electrons. The molecule has 0 bridgehead atoms. The van der Waals surface area contributed by atoms with Crippen LogP contribution in [0.5, 0.6) is 5.75 Å². The Balaban J connectivity index is 2.86. The van der Waals surface area contributed by atoms with Gasteiger partial charge in [-0.05, 0) is 37.1 Å². The zero-order valence-electron chi connectivity index (χ0n) is 8.82. The first-order valence-electron chi connectivity index (χ1n) is 4.64. The monoisotopic (exact) mass is 192 g/mol. The molecule has 0 heterocycles. The summed E-state index contributed by atoms with van der Waals surface area (Å²) >= 11 is 0. The van der Waals surface area contributed by atoms with Crippen LogP contribution < -0.4 is 4.74 Å². The fourth-order valence-electron chi connectivity index (χ4n) is 1.26. The number of hydrogen-bond acceptors (Lipinski definition) is 2. The van der Waals surface area contributed by atoms with Gasteiger partial charge >= 0.3 is 0 Å². The van der Waals surface area contributed by atoms with Gasteiger partial charge in [-0.3, -0.25) is 0 Å². The van der Waals surface area contributed by atoms with Gasteiger partial charge in [-0.2, -0.15) is 0 Å². The molecule has 2 nitrogen and oxygen atoms in total. The summed E-state index contributed by atoms with van der Waals surface area (Å²) in [6, 6.07) is 5.92. The summed E-state index contributed by atoms with van der Waals surface area (Å²) < 4.78 is 5.15. The van der Waals surface area contributed by atoms with E-state index in [1.54, 1.807) is 20.1 Å². The molecule has 1 rings (SSSR count). The van der Waals surface area contributed by atoms with Crippen molar-refractivity contribution in [3.63, 3.8) is 0 Å². The molecule has 0 amide bonds. The average molecular weight is 192 g/mol. The summed E-state index contributed by atoms with van der Waals surface area (Å²) in [4.78, 5) is 0. The molecule has 1 aromatic carbocycles. The maximum atomic E-state index is 9.07. The molecule has 0 saturated heterocycles. The van der Waals surface area contributed by atoms with Crippen LogP contribution in [0.3, 0.4) is 0 Å². The Bertz CT molecular complexity index is 327. The average Bonchev–Trinajstić information content (AvgIpc) is 2.15. The van der Waals surface area contributed by atoms with Crippen molar-refractivity contribution in [1.29, 1.82) is 0 Å². The Morgan fingerprint density at radius 2 is 2.14 bits per heavy atom. The normalized spacial score (nSPS) is 13.1. The largest absolute Gasteiger partial charge is 0.496 e. The Morgan fingerprint density at radius 3 is 2.64 bits per heavy atom. The minimum absolute atomic E-state index is 0.405. The number of ether oxygens (including phenoxy) is 1. The number of benzene rings is 1. The minimum Gasteiger partial charge on any atom is -0.496 e. The molecule has 1 unspecified atom stereocenters. The highest BCUT2D eigenvalue weighted by Gasteiger charge is 1.97. The van der Waals surface area contributed by atoms with Gasteiger partial charge in [0.1, 0.15) is 5.75 Å². The van der Waals surface area contributed by atoms with Crippen LogP contribution >= 0.6 is 0 Å². The lowest BCUT2D eigenvalue weighted by molar-refractivity contribution is 0.245. The number of rotatable bonds is 3. The van der Waals surface area contributed by atoms with Gasteiger partial charge in [-0.25, -0.2) is 0 Å². The molecule has 14 heavy (non-hydrogen) atoms. The first-order valence-corrected chi connectivity index (χ1v) is 4.64. The lowest BCUT2D eigenvalue weighted by Gasteiger charge is -2.04. The van der Waals surface area contributed by atoms with E-state index in [4.69, 9.17) is 9.84 Å². The summed E-state index contributed by atoms with van der Waals surface area (Å²) in [5.41, 5.74) is 2.17. The van der Waals surface area contributed by atoms with E-state index in [1.165, 1.54) is 0 Å². The molecule has 0 aliphatic carbocycles. The van der Waals surface area contributed by atoms with E-state index in [-0.39, 0.29) is 0 Å². The van der Waals surface area contributed by atoms with E-state index >= 15 is 0 Å². The van der Waals surface area contributed by atoms with Crippen LogP contribution in [0.1, 0.15) is 18.1 Å². The Labute approximate surface area is 84.8 Å². The van der Waals surface area contributed by atoms with Crippen LogP contribution in [0.25, 0.3) is 6.08 Å². The second-order valence-electron chi connectivity index (χ2n) is 3.33. The van der Waals surface area contributed by atoms with Gasteiger partial charge in [0.05, 0.1) is 13.2 Å². The first kappa shape index (κ1) is 10.8. The summed E-state index contributed by atoms with van der Waals surface area (Å²) in [6.07, 6.45) is 3.25. The van der Waals surface area contributed by atoms with Crippen LogP contribution in [0.4, 0.5) is 0 Å². The van der Waals surface area contributed by atoms with Crippen LogP contribution in [-0.2, 0) is 0 Å². The van der Waals surface area contributed by atoms with Gasteiger partial charge in [0.15, 0.2) is 0 Å². The molecule has 0 spiro atoms. The molecular weight excluding hydrogens is 176 g/mol. The topological polar surface area (TPSA) is 29.5 Å². The predicted molar refractivity (Wildman–Crippen MR) is 58.4 cm³/mol. The van der Waals surface area contributed by atoms with Gasteiger partial charge in [0.2, 0.25) is 0 Å². The zero-order valence-corrected chi connectivity index (χ0v) is 8.82. The van der Waals surface area contributed by atoms with Crippen LogP contribution in [0, 0.1) is 6.92 Å². The van der Waals surface area contributed by atoms with Crippen molar-refractivity contribution in [3.05, 3.63) is 35.4 Å². The maximum Gasteiger partial charge on any atom is 0.121 e. The number of aliphatic hydroxyl groups excluding tert-OH is 1. The highest BCUT2D eigenvalue weighted by molar-refractivity contribution is 5.53. The van der Waals surface area contributed by atoms with E-state index in [1.807, 2.05) is 31.2 Å². The second kappa shape index (κ2) is 4.82. The number of methoxy groups -OCH3 is 1. The third-order valence-corrected chi connectivity index (χ3v) is 1.99. The van der Waals surface area contributed by atoms with E-state index < -0.39 is 6.10 Å². The van der Waals surface area contributed by atoms with E-state index in [2.05, 4.69) is 0 Å². The number of hydrogen-bond donors (Lipinski definition) is 1. The van der Waals surface area contributed by atoms with Crippen molar-refractivity contribution in [2.24, 2.45) is 0 Å². The lowest BCUT2D eigenvalue weighted by atomic mass is 10.1. The molecule has 0 saturated carbocycles. The van der Waals surface area contributed by atoms with E-state index in [0.717, 1.165) is 16.9 Å². The fraction of sp³-hybridized carbons (Fsp3) is 0.333. The summed E-state index contributed by atoms with van der Waals surface area (Å²) in [5, 5.41) is 9.07. The molecule has 2 heteroatoms. The molecule has 1 aromatic rings. The van der Waals surface area contributed by atoms with E-state index in [0.29, 0.717) is 0 Å². The van der Waals surface area contributed by atoms with Crippen LogP contribution in [-0.4, -0.2) is 18.3 Å². The highest BCUT2D eigenvalue weighted by atomic mass is 16.5. The second-order valence-corrected chi connectivity index (χ2v) is 3.33. The standard InChI is InChI=1S/C12H16O2/c1-9-8-11(5-4-10(2)13)6-7-12(9)14-3/h4-8,10,13H,1-3H3/b5-4+. The van der Waals surface area contributed by atoms with Crippen molar-refractivity contribution < 1.29 is 9.84 Å². The molecule has 0 aliphatic heterocycles. The minimum atomic E-state index is -0.405. The summed E-state index contributed by atoms with van der Waals surface area (Å²) in [7, 11) is 1.66.